The molecule has 0 aliphatic rings. The SMILES string of the molecule is CCCOc1cccc(CNC(C)c2nncn2C)c1. The number of hydrogen-bond donors (Lipinski definition) is 1. The number of benzene rings is 1. The summed E-state index contributed by atoms with van der Waals surface area (Å²) >= 11 is 0. The number of aromatic nitrogens is 3. The van der Waals surface area contributed by atoms with Gasteiger partial charge in [0, 0.05) is 13.6 Å². The lowest BCUT2D eigenvalue weighted by Crippen LogP contribution is -2.21. The van der Waals surface area contributed by atoms with Crippen LogP contribution in [0.5, 0.6) is 5.75 Å². The number of aryl methyl sites for hydroxylation is 1. The number of hydrogen-bond acceptors (Lipinski definition) is 4. The van der Waals surface area contributed by atoms with Gasteiger partial charge in [-0.3, -0.25) is 0 Å². The second-order valence-corrected chi connectivity index (χ2v) is 4.90. The van der Waals surface area contributed by atoms with E-state index in [1.807, 2.05) is 23.7 Å². The van der Waals surface area contributed by atoms with Crippen molar-refractivity contribution in [1.82, 2.24) is 20.1 Å². The highest BCUT2D eigenvalue weighted by atomic mass is 16.5. The molecule has 0 radical (unpaired) electrons. The van der Waals surface area contributed by atoms with E-state index in [1.165, 1.54) is 5.56 Å². The molecule has 0 saturated heterocycles. The summed E-state index contributed by atoms with van der Waals surface area (Å²) in [6.07, 6.45) is 2.73. The van der Waals surface area contributed by atoms with Gasteiger partial charge < -0.3 is 14.6 Å². The highest BCUT2D eigenvalue weighted by Crippen LogP contribution is 2.15. The van der Waals surface area contributed by atoms with Crippen LogP contribution in [0.3, 0.4) is 0 Å². The Labute approximate surface area is 120 Å². The van der Waals surface area contributed by atoms with E-state index in [2.05, 4.69) is 41.5 Å². The fourth-order valence-corrected chi connectivity index (χ4v) is 2.01. The van der Waals surface area contributed by atoms with Gasteiger partial charge in [0.15, 0.2) is 0 Å². The van der Waals surface area contributed by atoms with Gasteiger partial charge in [-0.1, -0.05) is 19.1 Å². The van der Waals surface area contributed by atoms with Crippen molar-refractivity contribution in [1.29, 1.82) is 0 Å². The molecule has 5 nitrogen and oxygen atoms in total. The quantitative estimate of drug-likeness (QED) is 0.842. The number of nitrogens with one attached hydrogen (secondary N) is 1. The van der Waals surface area contributed by atoms with Crippen LogP contribution < -0.4 is 10.1 Å². The molecule has 1 heterocycles. The molecule has 2 aromatic rings. The standard InChI is InChI=1S/C15H22N4O/c1-4-8-20-14-7-5-6-13(9-14)10-16-12(2)15-18-17-11-19(15)3/h5-7,9,11-12,16H,4,8,10H2,1-3H3. The molecule has 1 aromatic heterocycles. The maximum atomic E-state index is 5.64. The molecule has 0 amide bonds. The lowest BCUT2D eigenvalue weighted by atomic mass is 10.2. The van der Waals surface area contributed by atoms with Crippen LogP contribution in [0.25, 0.3) is 0 Å². The van der Waals surface area contributed by atoms with Gasteiger partial charge in [-0.15, -0.1) is 10.2 Å². The minimum Gasteiger partial charge on any atom is -0.494 e. The van der Waals surface area contributed by atoms with Crippen molar-refractivity contribution < 1.29 is 4.74 Å². The molecule has 1 aromatic carbocycles. The molecule has 0 aliphatic heterocycles. The zero-order valence-electron chi connectivity index (χ0n) is 12.3. The minimum atomic E-state index is 0.155. The average Bonchev–Trinajstić information content (AvgIpc) is 2.89. The van der Waals surface area contributed by atoms with Crippen LogP contribution in [-0.4, -0.2) is 21.4 Å². The summed E-state index contributed by atoms with van der Waals surface area (Å²) < 4.78 is 7.57. The van der Waals surface area contributed by atoms with E-state index in [-0.39, 0.29) is 6.04 Å². The maximum absolute atomic E-state index is 5.64. The monoisotopic (exact) mass is 274 g/mol. The Balaban J connectivity index is 1.92. The van der Waals surface area contributed by atoms with Crippen molar-refractivity contribution in [2.45, 2.75) is 32.9 Å². The van der Waals surface area contributed by atoms with Crippen LogP contribution in [0.4, 0.5) is 0 Å². The Morgan fingerprint density at radius 2 is 2.25 bits per heavy atom. The van der Waals surface area contributed by atoms with Gasteiger partial charge in [0.1, 0.15) is 17.9 Å². The molecule has 1 N–H and O–H groups in total. The van der Waals surface area contributed by atoms with Gasteiger partial charge in [-0.25, -0.2) is 0 Å². The molecule has 0 saturated carbocycles. The van der Waals surface area contributed by atoms with E-state index in [0.29, 0.717) is 0 Å². The fraction of sp³-hybridized carbons (Fsp3) is 0.467. The third-order valence-corrected chi connectivity index (χ3v) is 3.12. The first-order valence-electron chi connectivity index (χ1n) is 6.99. The first kappa shape index (κ1) is 14.5. The van der Waals surface area contributed by atoms with Gasteiger partial charge in [-0.2, -0.15) is 0 Å². The fourth-order valence-electron chi connectivity index (χ4n) is 2.01. The van der Waals surface area contributed by atoms with Crippen molar-refractivity contribution in [2.75, 3.05) is 6.61 Å². The molecule has 0 fully saturated rings. The van der Waals surface area contributed by atoms with E-state index in [1.54, 1.807) is 6.33 Å². The Bertz CT molecular complexity index is 538. The third kappa shape index (κ3) is 3.81. The summed E-state index contributed by atoms with van der Waals surface area (Å²) in [6, 6.07) is 8.34. The second kappa shape index (κ2) is 7.05. The summed E-state index contributed by atoms with van der Waals surface area (Å²) in [5.41, 5.74) is 1.20. The molecule has 0 bridgehead atoms. The van der Waals surface area contributed by atoms with E-state index in [4.69, 9.17) is 4.74 Å². The van der Waals surface area contributed by atoms with Crippen molar-refractivity contribution >= 4 is 0 Å². The summed E-state index contributed by atoms with van der Waals surface area (Å²) in [6.45, 7) is 5.72. The van der Waals surface area contributed by atoms with Crippen LogP contribution in [-0.2, 0) is 13.6 Å². The van der Waals surface area contributed by atoms with Crippen molar-refractivity contribution in [3.63, 3.8) is 0 Å². The van der Waals surface area contributed by atoms with Crippen LogP contribution in [0.15, 0.2) is 30.6 Å². The van der Waals surface area contributed by atoms with Gasteiger partial charge in [-0.05, 0) is 31.0 Å². The van der Waals surface area contributed by atoms with Crippen LogP contribution in [0, 0.1) is 0 Å². The predicted molar refractivity (Wildman–Crippen MR) is 78.5 cm³/mol. The Morgan fingerprint density at radius 1 is 1.40 bits per heavy atom. The predicted octanol–water partition coefficient (Wildman–Crippen LogP) is 2.45. The summed E-state index contributed by atoms with van der Waals surface area (Å²) in [7, 11) is 1.95. The summed E-state index contributed by atoms with van der Waals surface area (Å²) in [5, 5.41) is 11.5. The lowest BCUT2D eigenvalue weighted by molar-refractivity contribution is 0.317. The topological polar surface area (TPSA) is 52.0 Å². The number of rotatable bonds is 7. The summed E-state index contributed by atoms with van der Waals surface area (Å²) in [4.78, 5) is 0. The Hall–Kier alpha value is -1.88. The molecule has 2 rings (SSSR count). The normalized spacial score (nSPS) is 12.3. The minimum absolute atomic E-state index is 0.155. The van der Waals surface area contributed by atoms with Gasteiger partial charge in [0.2, 0.25) is 0 Å². The van der Waals surface area contributed by atoms with Crippen LogP contribution >= 0.6 is 0 Å². The van der Waals surface area contributed by atoms with Gasteiger partial charge in [0.05, 0.1) is 12.6 Å². The molecule has 0 spiro atoms. The molecule has 0 aliphatic carbocycles. The zero-order chi connectivity index (χ0) is 14.4. The van der Waals surface area contributed by atoms with Crippen molar-refractivity contribution in [2.24, 2.45) is 7.05 Å². The van der Waals surface area contributed by atoms with E-state index < -0.39 is 0 Å². The van der Waals surface area contributed by atoms with Crippen molar-refractivity contribution in [3.05, 3.63) is 42.0 Å². The van der Waals surface area contributed by atoms with Gasteiger partial charge in [0.25, 0.3) is 0 Å². The number of ether oxygens (including phenoxy) is 1. The van der Waals surface area contributed by atoms with E-state index in [9.17, 15) is 0 Å². The highest BCUT2D eigenvalue weighted by Gasteiger charge is 2.10. The highest BCUT2D eigenvalue weighted by molar-refractivity contribution is 5.28. The zero-order valence-corrected chi connectivity index (χ0v) is 12.3. The molecule has 5 heteroatoms. The van der Waals surface area contributed by atoms with Crippen molar-refractivity contribution in [3.8, 4) is 5.75 Å². The van der Waals surface area contributed by atoms with Gasteiger partial charge >= 0.3 is 0 Å². The van der Waals surface area contributed by atoms with Crippen LogP contribution in [0.1, 0.15) is 37.7 Å². The average molecular weight is 274 g/mol. The van der Waals surface area contributed by atoms with Crippen LogP contribution in [0.2, 0.25) is 0 Å². The van der Waals surface area contributed by atoms with E-state index in [0.717, 1.165) is 31.1 Å². The molecule has 108 valence electrons. The molecule has 1 atom stereocenters. The number of nitrogens with zero attached hydrogens (tertiary/aromatic N) is 3. The largest absolute Gasteiger partial charge is 0.494 e. The molecular weight excluding hydrogens is 252 g/mol. The first-order chi connectivity index (χ1) is 9.70. The smallest absolute Gasteiger partial charge is 0.149 e. The summed E-state index contributed by atoms with van der Waals surface area (Å²) in [5.74, 6) is 1.86. The second-order valence-electron chi connectivity index (χ2n) is 4.90. The lowest BCUT2D eigenvalue weighted by Gasteiger charge is -2.13. The molecular formula is C15H22N4O. The Kier molecular flexibility index (Phi) is 5.12. The molecule has 1 unspecified atom stereocenters. The van der Waals surface area contributed by atoms with E-state index >= 15 is 0 Å². The first-order valence-corrected chi connectivity index (χ1v) is 6.99. The Morgan fingerprint density at radius 3 is 2.95 bits per heavy atom. The molecule has 20 heavy (non-hydrogen) atoms. The third-order valence-electron chi connectivity index (χ3n) is 3.12. The maximum Gasteiger partial charge on any atom is 0.149 e.